The average molecular weight is 315 g/mol. The molecule has 4 saturated carbocycles. The molecule has 0 aromatic heterocycles. The van der Waals surface area contributed by atoms with Crippen LogP contribution in [-0.4, -0.2) is 33.4 Å². The molecular formula is C16H29NO3S. The van der Waals surface area contributed by atoms with Crippen molar-refractivity contribution in [3.8, 4) is 0 Å². The summed E-state index contributed by atoms with van der Waals surface area (Å²) < 4.78 is 33.2. The van der Waals surface area contributed by atoms with Crippen molar-refractivity contribution in [3.05, 3.63) is 0 Å². The number of nitrogens with one attached hydrogen (secondary N) is 1. The summed E-state index contributed by atoms with van der Waals surface area (Å²) in [6, 6.07) is 0. The quantitative estimate of drug-likeness (QED) is 0.819. The third-order valence-electron chi connectivity index (χ3n) is 6.02. The highest BCUT2D eigenvalue weighted by atomic mass is 32.2. The molecule has 0 radical (unpaired) electrons. The summed E-state index contributed by atoms with van der Waals surface area (Å²) in [5.41, 5.74) is -0.253. The van der Waals surface area contributed by atoms with E-state index in [0.717, 1.165) is 11.8 Å². The summed E-state index contributed by atoms with van der Waals surface area (Å²) in [7, 11) is -1.41. The molecule has 5 heteroatoms. The molecule has 0 aromatic rings. The van der Waals surface area contributed by atoms with Crippen molar-refractivity contribution in [1.82, 2.24) is 4.72 Å². The fraction of sp³-hybridized carbons (Fsp3) is 1.00. The Balaban J connectivity index is 1.73. The number of rotatable bonds is 6. The number of ether oxygens (including phenoxy) is 1. The molecule has 0 atom stereocenters. The molecule has 4 aliphatic carbocycles. The second kappa shape index (κ2) is 5.50. The van der Waals surface area contributed by atoms with Gasteiger partial charge in [-0.1, -0.05) is 13.8 Å². The Bertz CT molecular complexity index is 458. The lowest BCUT2D eigenvalue weighted by molar-refractivity contribution is -0.185. The van der Waals surface area contributed by atoms with E-state index in [2.05, 4.69) is 4.72 Å². The van der Waals surface area contributed by atoms with Crippen LogP contribution in [0.5, 0.6) is 0 Å². The van der Waals surface area contributed by atoms with Gasteiger partial charge in [-0.25, -0.2) is 13.1 Å². The highest BCUT2D eigenvalue weighted by Crippen LogP contribution is 2.59. The van der Waals surface area contributed by atoms with Crippen LogP contribution in [0.15, 0.2) is 0 Å². The first-order chi connectivity index (χ1) is 9.84. The van der Waals surface area contributed by atoms with E-state index in [-0.39, 0.29) is 17.3 Å². The lowest BCUT2D eigenvalue weighted by Gasteiger charge is -2.60. The molecule has 0 heterocycles. The van der Waals surface area contributed by atoms with E-state index in [4.69, 9.17) is 4.74 Å². The van der Waals surface area contributed by atoms with Crippen LogP contribution in [0.1, 0.15) is 46.0 Å². The van der Waals surface area contributed by atoms with Crippen LogP contribution in [-0.2, 0) is 14.8 Å². The number of hydrogen-bond acceptors (Lipinski definition) is 3. The number of sulfonamides is 1. The normalized spacial score (nSPS) is 41.9. The Hall–Kier alpha value is -0.130. The molecule has 0 spiro atoms. The molecule has 4 aliphatic rings. The fourth-order valence-corrected chi connectivity index (χ4v) is 6.84. The van der Waals surface area contributed by atoms with E-state index in [9.17, 15) is 8.42 Å². The van der Waals surface area contributed by atoms with Crippen LogP contribution in [0.2, 0.25) is 0 Å². The summed E-state index contributed by atoms with van der Waals surface area (Å²) in [6.07, 6.45) is 6.31. The van der Waals surface area contributed by atoms with Crippen LogP contribution in [0, 0.1) is 29.6 Å². The number of hydrogen-bond donors (Lipinski definition) is 1. The van der Waals surface area contributed by atoms with Crippen molar-refractivity contribution in [2.75, 3.05) is 19.4 Å². The second-order valence-electron chi connectivity index (χ2n) is 7.96. The molecule has 4 bridgehead atoms. The second-order valence-corrected chi connectivity index (χ2v) is 9.81. The average Bonchev–Trinajstić information content (AvgIpc) is 2.36. The highest BCUT2D eigenvalue weighted by molar-refractivity contribution is 7.89. The van der Waals surface area contributed by atoms with Crippen LogP contribution < -0.4 is 4.72 Å². The molecule has 21 heavy (non-hydrogen) atoms. The van der Waals surface area contributed by atoms with E-state index in [1.165, 1.54) is 32.1 Å². The van der Waals surface area contributed by atoms with Gasteiger partial charge in [0.15, 0.2) is 0 Å². The molecule has 122 valence electrons. The van der Waals surface area contributed by atoms with Crippen LogP contribution in [0.25, 0.3) is 0 Å². The molecule has 4 nitrogen and oxygen atoms in total. The Morgan fingerprint density at radius 2 is 1.62 bits per heavy atom. The van der Waals surface area contributed by atoms with Gasteiger partial charge >= 0.3 is 0 Å². The van der Waals surface area contributed by atoms with Gasteiger partial charge in [-0.05, 0) is 61.7 Å². The van der Waals surface area contributed by atoms with Crippen molar-refractivity contribution >= 4 is 10.0 Å². The first-order valence-corrected chi connectivity index (χ1v) is 10.0. The van der Waals surface area contributed by atoms with Crippen LogP contribution in [0.4, 0.5) is 0 Å². The van der Waals surface area contributed by atoms with Gasteiger partial charge in [0, 0.05) is 13.7 Å². The maximum atomic E-state index is 12.2. The van der Waals surface area contributed by atoms with Crippen molar-refractivity contribution < 1.29 is 13.2 Å². The van der Waals surface area contributed by atoms with E-state index < -0.39 is 10.0 Å². The molecule has 4 fully saturated rings. The molecule has 1 N–H and O–H groups in total. The maximum Gasteiger partial charge on any atom is 0.211 e. The molecule has 0 saturated heterocycles. The van der Waals surface area contributed by atoms with Gasteiger partial charge in [-0.15, -0.1) is 0 Å². The van der Waals surface area contributed by atoms with Gasteiger partial charge in [0.2, 0.25) is 10.0 Å². The standard InChI is InChI=1S/C16H29NO3S/c1-11(2)9-21(18,19)17-10-16(20-3)14-5-12-4-13(7-14)8-15(16)6-12/h11-15,17H,4-10H2,1-3H3. The summed E-state index contributed by atoms with van der Waals surface area (Å²) in [6.45, 7) is 4.34. The zero-order valence-electron chi connectivity index (χ0n) is 13.5. The van der Waals surface area contributed by atoms with Crippen LogP contribution >= 0.6 is 0 Å². The summed E-state index contributed by atoms with van der Waals surface area (Å²) in [4.78, 5) is 0. The summed E-state index contributed by atoms with van der Waals surface area (Å²) >= 11 is 0. The van der Waals surface area contributed by atoms with E-state index in [0.29, 0.717) is 18.4 Å². The lowest BCUT2D eigenvalue weighted by atomic mass is 9.50. The lowest BCUT2D eigenvalue weighted by Crippen LogP contribution is -2.63. The van der Waals surface area contributed by atoms with Gasteiger partial charge in [-0.2, -0.15) is 0 Å². The number of methoxy groups -OCH3 is 1. The van der Waals surface area contributed by atoms with Gasteiger partial charge in [-0.3, -0.25) is 0 Å². The fourth-order valence-electron chi connectivity index (χ4n) is 5.40. The van der Waals surface area contributed by atoms with E-state index in [1.54, 1.807) is 7.11 Å². The van der Waals surface area contributed by atoms with Crippen molar-refractivity contribution in [2.24, 2.45) is 29.6 Å². The largest absolute Gasteiger partial charge is 0.376 e. The maximum absolute atomic E-state index is 12.2. The first kappa shape index (κ1) is 15.8. The smallest absolute Gasteiger partial charge is 0.211 e. The topological polar surface area (TPSA) is 55.4 Å². The molecular weight excluding hydrogens is 286 g/mol. The third kappa shape index (κ3) is 2.89. The summed E-state index contributed by atoms with van der Waals surface area (Å²) in [5, 5.41) is 0. The molecule has 4 rings (SSSR count). The molecule has 0 aliphatic heterocycles. The first-order valence-electron chi connectivity index (χ1n) is 8.37. The predicted octanol–water partition coefficient (Wildman–Crippen LogP) is 2.40. The van der Waals surface area contributed by atoms with E-state index in [1.807, 2.05) is 13.8 Å². The SMILES string of the molecule is COC1(CNS(=O)(=O)CC(C)C)C2CC3CC(C2)CC1C3. The zero-order chi connectivity index (χ0) is 15.3. The minimum atomic E-state index is -3.19. The Morgan fingerprint density at radius 1 is 1.10 bits per heavy atom. The minimum absolute atomic E-state index is 0.152. The minimum Gasteiger partial charge on any atom is -0.376 e. The summed E-state index contributed by atoms with van der Waals surface area (Å²) in [5.74, 6) is 3.17. The van der Waals surface area contributed by atoms with Gasteiger partial charge < -0.3 is 4.74 Å². The van der Waals surface area contributed by atoms with E-state index >= 15 is 0 Å². The Morgan fingerprint density at radius 3 is 2.05 bits per heavy atom. The van der Waals surface area contributed by atoms with Gasteiger partial charge in [0.05, 0.1) is 11.4 Å². The van der Waals surface area contributed by atoms with Gasteiger partial charge in [0.1, 0.15) is 0 Å². The van der Waals surface area contributed by atoms with Crippen molar-refractivity contribution in [2.45, 2.75) is 51.6 Å². The predicted molar refractivity (Wildman–Crippen MR) is 83.4 cm³/mol. The monoisotopic (exact) mass is 315 g/mol. The molecule has 0 aromatic carbocycles. The highest BCUT2D eigenvalue weighted by Gasteiger charge is 2.57. The molecule has 0 unspecified atom stereocenters. The van der Waals surface area contributed by atoms with Crippen LogP contribution in [0.3, 0.4) is 0 Å². The Kier molecular flexibility index (Phi) is 4.13. The van der Waals surface area contributed by atoms with Gasteiger partial charge in [0.25, 0.3) is 0 Å². The van der Waals surface area contributed by atoms with Crippen molar-refractivity contribution in [1.29, 1.82) is 0 Å². The van der Waals surface area contributed by atoms with Crippen molar-refractivity contribution in [3.63, 3.8) is 0 Å². The Labute approximate surface area is 129 Å². The zero-order valence-corrected chi connectivity index (χ0v) is 14.3. The third-order valence-corrected chi connectivity index (χ3v) is 7.71. The molecule has 0 amide bonds.